The minimum Gasteiger partial charge on any atom is -0.497 e. The molecule has 0 bridgehead atoms. The summed E-state index contributed by atoms with van der Waals surface area (Å²) >= 11 is 0. The van der Waals surface area contributed by atoms with Gasteiger partial charge in [0.25, 0.3) is 0 Å². The van der Waals surface area contributed by atoms with E-state index in [1.807, 2.05) is 12.1 Å². The zero-order chi connectivity index (χ0) is 9.97. The van der Waals surface area contributed by atoms with Crippen molar-refractivity contribution in [2.75, 3.05) is 12.4 Å². The second kappa shape index (κ2) is 3.91. The van der Waals surface area contributed by atoms with E-state index >= 15 is 0 Å². The molecule has 0 aromatic heterocycles. The van der Waals surface area contributed by atoms with E-state index in [1.54, 1.807) is 7.11 Å². The Kier molecular flexibility index (Phi) is 2.62. The molecule has 2 heteroatoms. The molecule has 0 heterocycles. The quantitative estimate of drug-likeness (QED) is 0.793. The van der Waals surface area contributed by atoms with Gasteiger partial charge in [0.05, 0.1) is 7.11 Å². The lowest BCUT2D eigenvalue weighted by atomic mass is 9.81. The minimum atomic E-state index is 0.670. The summed E-state index contributed by atoms with van der Waals surface area (Å²) in [5.41, 5.74) is 1.20. The first-order valence-corrected chi connectivity index (χ1v) is 5.20. The zero-order valence-corrected chi connectivity index (χ0v) is 8.79. The maximum Gasteiger partial charge on any atom is 0.119 e. The predicted molar refractivity (Wildman–Crippen MR) is 58.8 cm³/mol. The second-order valence-electron chi connectivity index (χ2n) is 4.03. The molecule has 76 valence electrons. The number of hydrogen-bond donors (Lipinski definition) is 1. The molecule has 0 radical (unpaired) electrons. The molecule has 0 amide bonds. The van der Waals surface area contributed by atoms with Crippen LogP contribution in [-0.2, 0) is 0 Å². The van der Waals surface area contributed by atoms with Crippen LogP contribution >= 0.6 is 0 Å². The van der Waals surface area contributed by atoms with Crippen molar-refractivity contribution < 1.29 is 4.74 Å². The van der Waals surface area contributed by atoms with E-state index in [9.17, 15) is 0 Å². The Morgan fingerprint density at radius 1 is 1.21 bits per heavy atom. The lowest BCUT2D eigenvalue weighted by Crippen LogP contribution is -2.36. The van der Waals surface area contributed by atoms with E-state index in [1.165, 1.54) is 18.5 Å². The van der Waals surface area contributed by atoms with Gasteiger partial charge in [0.15, 0.2) is 0 Å². The van der Waals surface area contributed by atoms with Crippen LogP contribution in [0.1, 0.15) is 19.8 Å². The summed E-state index contributed by atoms with van der Waals surface area (Å²) in [5, 5.41) is 3.52. The van der Waals surface area contributed by atoms with Crippen molar-refractivity contribution in [2.24, 2.45) is 5.92 Å². The lowest BCUT2D eigenvalue weighted by Gasteiger charge is -2.35. The van der Waals surface area contributed by atoms with Crippen LogP contribution in [-0.4, -0.2) is 13.2 Å². The van der Waals surface area contributed by atoms with Gasteiger partial charge in [-0.1, -0.05) is 6.92 Å². The number of nitrogens with one attached hydrogen (secondary N) is 1. The van der Waals surface area contributed by atoms with Gasteiger partial charge < -0.3 is 10.1 Å². The van der Waals surface area contributed by atoms with Crippen molar-refractivity contribution >= 4 is 5.69 Å². The van der Waals surface area contributed by atoms with Gasteiger partial charge in [-0.3, -0.25) is 0 Å². The van der Waals surface area contributed by atoms with Crippen molar-refractivity contribution in [3.05, 3.63) is 24.3 Å². The summed E-state index contributed by atoms with van der Waals surface area (Å²) in [7, 11) is 1.69. The fraction of sp³-hybridized carbons (Fsp3) is 0.500. The van der Waals surface area contributed by atoms with Gasteiger partial charge in [-0.25, -0.2) is 0 Å². The van der Waals surface area contributed by atoms with Crippen molar-refractivity contribution in [1.82, 2.24) is 0 Å². The van der Waals surface area contributed by atoms with Crippen molar-refractivity contribution in [3.63, 3.8) is 0 Å². The third-order valence-corrected chi connectivity index (χ3v) is 3.06. The first-order valence-electron chi connectivity index (χ1n) is 5.20. The molecule has 1 fully saturated rings. The predicted octanol–water partition coefficient (Wildman–Crippen LogP) is 2.91. The highest BCUT2D eigenvalue weighted by atomic mass is 16.5. The maximum absolute atomic E-state index is 5.11. The number of hydrogen-bond acceptors (Lipinski definition) is 2. The average molecular weight is 191 g/mol. The summed E-state index contributed by atoms with van der Waals surface area (Å²) in [5.74, 6) is 1.73. The summed E-state index contributed by atoms with van der Waals surface area (Å²) in [6.45, 7) is 2.30. The number of rotatable bonds is 3. The highest BCUT2D eigenvalue weighted by Gasteiger charge is 2.26. The van der Waals surface area contributed by atoms with Crippen LogP contribution in [0.25, 0.3) is 0 Å². The molecule has 1 aromatic carbocycles. The van der Waals surface area contributed by atoms with E-state index < -0.39 is 0 Å². The van der Waals surface area contributed by atoms with Gasteiger partial charge in [0.1, 0.15) is 5.75 Å². The minimum absolute atomic E-state index is 0.670. The third kappa shape index (κ3) is 1.84. The number of ether oxygens (including phenoxy) is 1. The molecule has 0 aliphatic heterocycles. The molecular weight excluding hydrogens is 174 g/mol. The zero-order valence-electron chi connectivity index (χ0n) is 8.79. The van der Waals surface area contributed by atoms with Crippen molar-refractivity contribution in [3.8, 4) is 5.75 Å². The molecule has 1 N–H and O–H groups in total. The first kappa shape index (κ1) is 9.38. The van der Waals surface area contributed by atoms with Crippen molar-refractivity contribution in [1.29, 1.82) is 0 Å². The van der Waals surface area contributed by atoms with Crippen LogP contribution in [0, 0.1) is 5.92 Å². The normalized spacial score (nSPS) is 25.3. The van der Waals surface area contributed by atoms with Gasteiger partial charge in [0.2, 0.25) is 0 Å². The molecule has 14 heavy (non-hydrogen) atoms. The monoisotopic (exact) mass is 191 g/mol. The Morgan fingerprint density at radius 2 is 1.93 bits per heavy atom. The van der Waals surface area contributed by atoms with E-state index in [4.69, 9.17) is 4.74 Å². The van der Waals surface area contributed by atoms with Crippen LogP contribution in [0.5, 0.6) is 5.75 Å². The highest BCUT2D eigenvalue weighted by molar-refractivity contribution is 5.47. The molecule has 0 spiro atoms. The molecule has 2 unspecified atom stereocenters. The van der Waals surface area contributed by atoms with Gasteiger partial charge >= 0.3 is 0 Å². The summed E-state index contributed by atoms with van der Waals surface area (Å²) in [6, 6.07) is 8.80. The highest BCUT2D eigenvalue weighted by Crippen LogP contribution is 2.30. The Hall–Kier alpha value is -1.18. The number of methoxy groups -OCH3 is 1. The summed E-state index contributed by atoms with van der Waals surface area (Å²) in [6.07, 6.45) is 2.65. The molecule has 1 aliphatic carbocycles. The molecule has 2 nitrogen and oxygen atoms in total. The molecule has 1 aromatic rings. The van der Waals surface area contributed by atoms with Crippen LogP contribution in [0.3, 0.4) is 0 Å². The first-order chi connectivity index (χ1) is 6.79. The van der Waals surface area contributed by atoms with E-state index in [-0.39, 0.29) is 0 Å². The standard InChI is InChI=1S/C12H17NO/c1-9-3-8-12(9)13-10-4-6-11(14-2)7-5-10/h4-7,9,12-13H,3,8H2,1-2H3. The van der Waals surface area contributed by atoms with E-state index in [2.05, 4.69) is 24.4 Å². The smallest absolute Gasteiger partial charge is 0.119 e. The number of benzene rings is 1. The third-order valence-electron chi connectivity index (χ3n) is 3.06. The Morgan fingerprint density at radius 3 is 2.36 bits per heavy atom. The SMILES string of the molecule is COc1ccc(NC2CCC2C)cc1. The molecule has 2 rings (SSSR count). The van der Waals surface area contributed by atoms with Crippen LogP contribution in [0.15, 0.2) is 24.3 Å². The second-order valence-corrected chi connectivity index (χ2v) is 4.03. The fourth-order valence-electron chi connectivity index (χ4n) is 1.78. The maximum atomic E-state index is 5.11. The Bertz CT molecular complexity index is 294. The fourth-order valence-corrected chi connectivity index (χ4v) is 1.78. The Labute approximate surface area is 85.3 Å². The largest absolute Gasteiger partial charge is 0.497 e. The molecule has 1 saturated carbocycles. The van der Waals surface area contributed by atoms with Crippen molar-refractivity contribution in [2.45, 2.75) is 25.8 Å². The summed E-state index contributed by atoms with van der Waals surface area (Å²) < 4.78 is 5.11. The number of anilines is 1. The van der Waals surface area contributed by atoms with Gasteiger partial charge in [0, 0.05) is 11.7 Å². The Balaban J connectivity index is 1.96. The topological polar surface area (TPSA) is 21.3 Å². The molecule has 1 aliphatic rings. The molecule has 0 saturated heterocycles. The molecular formula is C12H17NO. The van der Waals surface area contributed by atoms with Gasteiger partial charge in [-0.15, -0.1) is 0 Å². The molecule has 2 atom stereocenters. The van der Waals surface area contributed by atoms with Gasteiger partial charge in [-0.05, 0) is 43.0 Å². The average Bonchev–Trinajstić information content (AvgIpc) is 2.24. The van der Waals surface area contributed by atoms with E-state index in [0.717, 1.165) is 11.7 Å². The lowest BCUT2D eigenvalue weighted by molar-refractivity contribution is 0.303. The van der Waals surface area contributed by atoms with Gasteiger partial charge in [-0.2, -0.15) is 0 Å². The van der Waals surface area contributed by atoms with E-state index in [0.29, 0.717) is 6.04 Å². The van der Waals surface area contributed by atoms with Crippen LogP contribution in [0.2, 0.25) is 0 Å². The van der Waals surface area contributed by atoms with Crippen LogP contribution < -0.4 is 10.1 Å². The summed E-state index contributed by atoms with van der Waals surface area (Å²) in [4.78, 5) is 0. The van der Waals surface area contributed by atoms with Crippen LogP contribution in [0.4, 0.5) is 5.69 Å².